The van der Waals surface area contributed by atoms with Crippen LogP contribution in [-0.2, 0) is 4.57 Å². The van der Waals surface area contributed by atoms with Crippen molar-refractivity contribution in [2.75, 3.05) is 0 Å². The van der Waals surface area contributed by atoms with Crippen LogP contribution in [0.2, 0.25) is 0 Å². The molecule has 5 heteroatoms. The maximum absolute atomic E-state index is 12.4. The van der Waals surface area contributed by atoms with E-state index in [1.165, 1.54) is 0 Å². The van der Waals surface area contributed by atoms with E-state index in [1.54, 1.807) is 6.07 Å². The Morgan fingerprint density at radius 3 is 2.19 bits per heavy atom. The summed E-state index contributed by atoms with van der Waals surface area (Å²) >= 11 is 0.885. The van der Waals surface area contributed by atoms with Gasteiger partial charge in [-0.1, -0.05) is 24.3 Å². The predicted octanol–water partition coefficient (Wildman–Crippen LogP) is 5.19. The number of rotatable bonds is 4. The molecule has 0 aromatic heterocycles. The van der Waals surface area contributed by atoms with Crippen molar-refractivity contribution in [2.24, 2.45) is 0 Å². The summed E-state index contributed by atoms with van der Waals surface area (Å²) in [6.07, 6.45) is 0. The van der Waals surface area contributed by atoms with Gasteiger partial charge < -0.3 is 9.42 Å². The molecule has 0 aliphatic rings. The normalized spacial score (nSPS) is 13.8. The minimum Gasteiger partial charge on any atom is -0.417 e. The summed E-state index contributed by atoms with van der Waals surface area (Å²) in [5.74, 6) is 0.457. The molecule has 0 aliphatic carbocycles. The molecule has 2 aromatic rings. The quantitative estimate of drug-likeness (QED) is 0.787. The smallest absolute Gasteiger partial charge is 0.417 e. The standard InChI is InChI=1S/C16H19O3PS/c1-11-7-5-9-15(13(11)3)19-20(17,18)21-16-10-6-8-12(2)14(16)4/h5-10H,1-4H3,(H,17,18). The molecule has 0 saturated heterocycles. The van der Waals surface area contributed by atoms with Gasteiger partial charge in [-0.25, -0.2) is 4.57 Å². The van der Waals surface area contributed by atoms with Gasteiger partial charge in [0.25, 0.3) is 0 Å². The maximum atomic E-state index is 12.4. The minimum absolute atomic E-state index is 0.457. The molecule has 0 aliphatic heterocycles. The summed E-state index contributed by atoms with van der Waals surface area (Å²) < 4.78 is 17.8. The van der Waals surface area contributed by atoms with Crippen molar-refractivity contribution in [3.05, 3.63) is 58.7 Å². The lowest BCUT2D eigenvalue weighted by atomic mass is 10.1. The van der Waals surface area contributed by atoms with Gasteiger partial charge in [0.1, 0.15) is 5.75 Å². The molecule has 0 spiro atoms. The molecular formula is C16H19O3PS. The Bertz CT molecular complexity index is 655. The Balaban J connectivity index is 2.25. The van der Waals surface area contributed by atoms with Crippen molar-refractivity contribution in [1.29, 1.82) is 0 Å². The molecule has 2 aromatic carbocycles. The number of hydrogen-bond acceptors (Lipinski definition) is 3. The van der Waals surface area contributed by atoms with Crippen LogP contribution in [0.3, 0.4) is 0 Å². The van der Waals surface area contributed by atoms with Crippen LogP contribution in [0.25, 0.3) is 0 Å². The first kappa shape index (κ1) is 16.2. The Morgan fingerprint density at radius 2 is 1.52 bits per heavy atom. The third-order valence-corrected chi connectivity index (χ3v) is 6.34. The lowest BCUT2D eigenvalue weighted by Gasteiger charge is -2.16. The van der Waals surface area contributed by atoms with Gasteiger partial charge in [-0.15, -0.1) is 0 Å². The number of hydrogen-bond donors (Lipinski definition) is 1. The molecule has 0 bridgehead atoms. The van der Waals surface area contributed by atoms with Crippen molar-refractivity contribution in [3.8, 4) is 5.75 Å². The van der Waals surface area contributed by atoms with Crippen LogP contribution in [0.15, 0.2) is 41.3 Å². The average Bonchev–Trinajstić information content (AvgIpc) is 2.40. The molecule has 2 rings (SSSR count). The van der Waals surface area contributed by atoms with E-state index in [1.807, 2.05) is 58.0 Å². The third-order valence-electron chi connectivity index (χ3n) is 3.54. The van der Waals surface area contributed by atoms with Gasteiger partial charge >= 0.3 is 6.80 Å². The van der Waals surface area contributed by atoms with E-state index in [9.17, 15) is 9.46 Å². The molecule has 3 nitrogen and oxygen atoms in total. The van der Waals surface area contributed by atoms with Gasteiger partial charge in [0.2, 0.25) is 0 Å². The van der Waals surface area contributed by atoms with Crippen molar-refractivity contribution < 1.29 is 14.0 Å². The van der Waals surface area contributed by atoms with E-state index in [-0.39, 0.29) is 0 Å². The van der Waals surface area contributed by atoms with Gasteiger partial charge in [-0.05, 0) is 62.1 Å². The summed E-state index contributed by atoms with van der Waals surface area (Å²) in [5, 5.41) is 0. The Morgan fingerprint density at radius 1 is 0.952 bits per heavy atom. The SMILES string of the molecule is Cc1cccc(OP(=O)(O)Sc2cccc(C)c2C)c1C. The molecule has 21 heavy (non-hydrogen) atoms. The number of aryl methyl sites for hydroxylation is 2. The van der Waals surface area contributed by atoms with E-state index < -0.39 is 6.80 Å². The molecule has 1 atom stereocenters. The van der Waals surface area contributed by atoms with Crippen molar-refractivity contribution in [3.63, 3.8) is 0 Å². The van der Waals surface area contributed by atoms with Crippen LogP contribution in [0.1, 0.15) is 22.3 Å². The maximum Gasteiger partial charge on any atom is 0.442 e. The summed E-state index contributed by atoms with van der Waals surface area (Å²) in [6, 6.07) is 11.2. The molecule has 1 unspecified atom stereocenters. The average molecular weight is 322 g/mol. The third kappa shape index (κ3) is 3.91. The Labute approximate surface area is 129 Å². The predicted molar refractivity (Wildman–Crippen MR) is 88.1 cm³/mol. The first-order valence-electron chi connectivity index (χ1n) is 6.64. The van der Waals surface area contributed by atoms with E-state index in [2.05, 4.69) is 0 Å². The number of benzene rings is 2. The highest BCUT2D eigenvalue weighted by atomic mass is 32.7. The Hall–Kier alpha value is -1.22. The summed E-state index contributed by atoms with van der Waals surface area (Å²) in [5.41, 5.74) is 4.01. The van der Waals surface area contributed by atoms with E-state index in [4.69, 9.17) is 4.52 Å². The first-order chi connectivity index (χ1) is 9.80. The van der Waals surface area contributed by atoms with Crippen LogP contribution in [-0.4, -0.2) is 4.89 Å². The molecule has 0 heterocycles. The highest BCUT2D eigenvalue weighted by Gasteiger charge is 2.25. The lowest BCUT2D eigenvalue weighted by molar-refractivity contribution is 0.401. The minimum atomic E-state index is -3.81. The van der Waals surface area contributed by atoms with Crippen molar-refractivity contribution in [1.82, 2.24) is 0 Å². The van der Waals surface area contributed by atoms with Crippen LogP contribution >= 0.6 is 18.2 Å². The largest absolute Gasteiger partial charge is 0.442 e. The summed E-state index contributed by atoms with van der Waals surface area (Å²) in [6.45, 7) is 3.94. The van der Waals surface area contributed by atoms with E-state index in [0.717, 1.165) is 38.5 Å². The first-order valence-corrected chi connectivity index (χ1v) is 9.64. The molecule has 0 fully saturated rings. The van der Waals surface area contributed by atoms with Crippen LogP contribution in [0.4, 0.5) is 0 Å². The molecule has 1 N–H and O–H groups in total. The zero-order chi connectivity index (χ0) is 15.6. The van der Waals surface area contributed by atoms with Crippen molar-refractivity contribution >= 4 is 18.2 Å². The second-order valence-electron chi connectivity index (χ2n) is 5.05. The zero-order valence-electron chi connectivity index (χ0n) is 12.6. The van der Waals surface area contributed by atoms with Crippen LogP contribution in [0, 0.1) is 27.7 Å². The second-order valence-corrected chi connectivity index (χ2v) is 8.72. The fourth-order valence-corrected chi connectivity index (χ4v) is 4.77. The van der Waals surface area contributed by atoms with Gasteiger partial charge in [0.05, 0.1) is 0 Å². The monoisotopic (exact) mass is 322 g/mol. The zero-order valence-corrected chi connectivity index (χ0v) is 14.3. The lowest BCUT2D eigenvalue weighted by Crippen LogP contribution is -1.93. The molecule has 112 valence electrons. The molecule has 0 radical (unpaired) electrons. The fourth-order valence-electron chi connectivity index (χ4n) is 1.91. The Kier molecular flexibility index (Phi) is 4.82. The van der Waals surface area contributed by atoms with Gasteiger partial charge in [0, 0.05) is 16.3 Å². The van der Waals surface area contributed by atoms with Gasteiger partial charge in [-0.3, -0.25) is 0 Å². The molecule has 0 amide bonds. The van der Waals surface area contributed by atoms with E-state index >= 15 is 0 Å². The topological polar surface area (TPSA) is 46.5 Å². The van der Waals surface area contributed by atoms with Crippen LogP contribution < -0.4 is 4.52 Å². The summed E-state index contributed by atoms with van der Waals surface area (Å²) in [4.78, 5) is 10.9. The summed E-state index contributed by atoms with van der Waals surface area (Å²) in [7, 11) is 0. The van der Waals surface area contributed by atoms with Gasteiger partial charge in [0.15, 0.2) is 0 Å². The van der Waals surface area contributed by atoms with E-state index in [0.29, 0.717) is 5.75 Å². The second kappa shape index (κ2) is 6.27. The fraction of sp³-hybridized carbons (Fsp3) is 0.250. The van der Waals surface area contributed by atoms with Gasteiger partial charge in [-0.2, -0.15) is 0 Å². The highest BCUT2D eigenvalue weighted by Crippen LogP contribution is 2.59. The molecular weight excluding hydrogens is 303 g/mol. The molecule has 0 saturated carbocycles. The van der Waals surface area contributed by atoms with Crippen molar-refractivity contribution in [2.45, 2.75) is 32.6 Å². The highest BCUT2D eigenvalue weighted by molar-refractivity contribution is 8.55. The van der Waals surface area contributed by atoms with Crippen LogP contribution in [0.5, 0.6) is 5.75 Å².